The number of likely N-dealkylation sites (tertiary alicyclic amines) is 1. The standard InChI is InChI=1S/C14H21ClN2O/c1-10(16)12-4-6-17(7-5-12)9-11-2-3-14(18)13(15)8-11/h2-3,8,10,12,18H,4-7,9,16H2,1H3. The van der Waals surface area contributed by atoms with Crippen molar-refractivity contribution in [1.82, 2.24) is 4.90 Å². The van der Waals surface area contributed by atoms with Crippen molar-refractivity contribution >= 4 is 11.6 Å². The maximum Gasteiger partial charge on any atom is 0.134 e. The molecule has 1 heterocycles. The van der Waals surface area contributed by atoms with Crippen molar-refractivity contribution < 1.29 is 5.11 Å². The van der Waals surface area contributed by atoms with Crippen LogP contribution in [0.3, 0.4) is 0 Å². The van der Waals surface area contributed by atoms with Crippen molar-refractivity contribution in [2.75, 3.05) is 13.1 Å². The lowest BCUT2D eigenvalue weighted by Gasteiger charge is -2.33. The summed E-state index contributed by atoms with van der Waals surface area (Å²) in [5.74, 6) is 0.806. The van der Waals surface area contributed by atoms with E-state index in [4.69, 9.17) is 17.3 Å². The molecule has 0 radical (unpaired) electrons. The minimum absolute atomic E-state index is 0.149. The van der Waals surface area contributed by atoms with Gasteiger partial charge in [0.1, 0.15) is 5.75 Å². The summed E-state index contributed by atoms with van der Waals surface area (Å²) in [5, 5.41) is 9.81. The second-order valence-electron chi connectivity index (χ2n) is 5.26. The van der Waals surface area contributed by atoms with Gasteiger partial charge in [-0.15, -0.1) is 0 Å². The minimum atomic E-state index is 0.149. The number of phenolic OH excluding ortho intramolecular Hbond substituents is 1. The Morgan fingerprint density at radius 1 is 1.44 bits per heavy atom. The van der Waals surface area contributed by atoms with E-state index in [2.05, 4.69) is 11.8 Å². The molecule has 0 amide bonds. The number of phenols is 1. The predicted molar refractivity (Wildman–Crippen MR) is 74.8 cm³/mol. The highest BCUT2D eigenvalue weighted by molar-refractivity contribution is 6.32. The van der Waals surface area contributed by atoms with Gasteiger partial charge in [-0.05, 0) is 56.5 Å². The van der Waals surface area contributed by atoms with Crippen LogP contribution in [0.15, 0.2) is 18.2 Å². The van der Waals surface area contributed by atoms with Crippen LogP contribution >= 0.6 is 11.6 Å². The van der Waals surface area contributed by atoms with Gasteiger partial charge < -0.3 is 10.8 Å². The molecule has 1 aliphatic heterocycles. The smallest absolute Gasteiger partial charge is 0.134 e. The quantitative estimate of drug-likeness (QED) is 0.886. The van der Waals surface area contributed by atoms with Gasteiger partial charge in [-0.1, -0.05) is 17.7 Å². The van der Waals surface area contributed by atoms with Crippen LogP contribution < -0.4 is 5.73 Å². The second-order valence-corrected chi connectivity index (χ2v) is 5.67. The van der Waals surface area contributed by atoms with Crippen LogP contribution in [-0.2, 0) is 6.54 Å². The summed E-state index contributed by atoms with van der Waals surface area (Å²) in [7, 11) is 0. The molecule has 0 aromatic heterocycles. The maximum absolute atomic E-state index is 9.39. The van der Waals surface area contributed by atoms with Crippen LogP contribution in [0.1, 0.15) is 25.3 Å². The highest BCUT2D eigenvalue weighted by Gasteiger charge is 2.21. The minimum Gasteiger partial charge on any atom is -0.506 e. The third kappa shape index (κ3) is 3.37. The van der Waals surface area contributed by atoms with Crippen LogP contribution in [-0.4, -0.2) is 29.1 Å². The molecule has 0 bridgehead atoms. The Balaban J connectivity index is 1.89. The Hall–Kier alpha value is -0.770. The number of benzene rings is 1. The van der Waals surface area contributed by atoms with Crippen molar-refractivity contribution in [3.63, 3.8) is 0 Å². The molecule has 1 aromatic carbocycles. The van der Waals surface area contributed by atoms with Crippen LogP contribution in [0.5, 0.6) is 5.75 Å². The average Bonchev–Trinajstić information content (AvgIpc) is 2.34. The summed E-state index contributed by atoms with van der Waals surface area (Å²) in [4.78, 5) is 2.42. The molecule has 0 saturated carbocycles. The Kier molecular flexibility index (Phi) is 4.49. The monoisotopic (exact) mass is 268 g/mol. The number of hydrogen-bond donors (Lipinski definition) is 2. The van der Waals surface area contributed by atoms with Gasteiger partial charge in [0.25, 0.3) is 0 Å². The van der Waals surface area contributed by atoms with Crippen LogP contribution in [0, 0.1) is 5.92 Å². The van der Waals surface area contributed by atoms with Gasteiger partial charge in [0.15, 0.2) is 0 Å². The third-order valence-electron chi connectivity index (χ3n) is 3.79. The van der Waals surface area contributed by atoms with Crippen molar-refractivity contribution in [3.8, 4) is 5.75 Å². The van der Waals surface area contributed by atoms with E-state index in [1.54, 1.807) is 6.07 Å². The van der Waals surface area contributed by atoms with E-state index >= 15 is 0 Å². The summed E-state index contributed by atoms with van der Waals surface area (Å²) in [6.45, 7) is 5.17. The molecular formula is C14H21ClN2O. The molecule has 1 atom stereocenters. The Labute approximate surface area is 114 Å². The molecule has 1 aliphatic rings. The molecule has 2 rings (SSSR count). The third-order valence-corrected chi connectivity index (χ3v) is 4.10. The van der Waals surface area contributed by atoms with E-state index in [0.29, 0.717) is 17.0 Å². The average molecular weight is 269 g/mol. The number of aromatic hydroxyl groups is 1. The predicted octanol–water partition coefficient (Wildman–Crippen LogP) is 2.60. The fourth-order valence-electron chi connectivity index (χ4n) is 2.54. The van der Waals surface area contributed by atoms with Crippen molar-refractivity contribution in [2.24, 2.45) is 11.7 Å². The number of rotatable bonds is 3. The maximum atomic E-state index is 9.39. The Bertz CT molecular complexity index is 401. The van der Waals surface area contributed by atoms with Crippen LogP contribution in [0.25, 0.3) is 0 Å². The fourth-order valence-corrected chi connectivity index (χ4v) is 2.75. The second kappa shape index (κ2) is 5.91. The molecule has 100 valence electrons. The Morgan fingerprint density at radius 3 is 2.67 bits per heavy atom. The van der Waals surface area contributed by atoms with Gasteiger partial charge in [-0.25, -0.2) is 0 Å². The highest BCUT2D eigenvalue weighted by Crippen LogP contribution is 2.26. The van der Waals surface area contributed by atoms with E-state index in [1.807, 2.05) is 12.1 Å². The van der Waals surface area contributed by atoms with E-state index in [0.717, 1.165) is 25.2 Å². The topological polar surface area (TPSA) is 49.5 Å². The van der Waals surface area contributed by atoms with Crippen LogP contribution in [0.2, 0.25) is 5.02 Å². The van der Waals surface area contributed by atoms with Gasteiger partial charge in [0.2, 0.25) is 0 Å². The molecular weight excluding hydrogens is 248 g/mol. The zero-order valence-corrected chi connectivity index (χ0v) is 11.5. The lowest BCUT2D eigenvalue weighted by atomic mass is 9.91. The molecule has 1 fully saturated rings. The molecule has 3 nitrogen and oxygen atoms in total. The van der Waals surface area contributed by atoms with Gasteiger partial charge >= 0.3 is 0 Å². The molecule has 0 aliphatic carbocycles. The first-order valence-electron chi connectivity index (χ1n) is 6.51. The van der Waals surface area contributed by atoms with E-state index in [-0.39, 0.29) is 5.75 Å². The molecule has 3 N–H and O–H groups in total. The van der Waals surface area contributed by atoms with Crippen LogP contribution in [0.4, 0.5) is 0 Å². The Morgan fingerprint density at radius 2 is 2.11 bits per heavy atom. The zero-order valence-electron chi connectivity index (χ0n) is 10.8. The fraction of sp³-hybridized carbons (Fsp3) is 0.571. The van der Waals surface area contributed by atoms with Gasteiger partial charge in [-0.2, -0.15) is 0 Å². The van der Waals surface area contributed by atoms with Gasteiger partial charge in [0.05, 0.1) is 5.02 Å². The zero-order chi connectivity index (χ0) is 13.1. The number of hydrogen-bond acceptors (Lipinski definition) is 3. The molecule has 4 heteroatoms. The molecule has 1 unspecified atom stereocenters. The first-order chi connectivity index (χ1) is 8.56. The SMILES string of the molecule is CC(N)C1CCN(Cc2ccc(O)c(Cl)c2)CC1. The number of piperidine rings is 1. The number of halogens is 1. The molecule has 1 aromatic rings. The van der Waals surface area contributed by atoms with Crippen molar-refractivity contribution in [2.45, 2.75) is 32.4 Å². The molecule has 18 heavy (non-hydrogen) atoms. The summed E-state index contributed by atoms with van der Waals surface area (Å²) < 4.78 is 0. The van der Waals surface area contributed by atoms with E-state index in [9.17, 15) is 5.11 Å². The lowest BCUT2D eigenvalue weighted by molar-refractivity contribution is 0.165. The number of nitrogens with zero attached hydrogens (tertiary/aromatic N) is 1. The largest absolute Gasteiger partial charge is 0.506 e. The van der Waals surface area contributed by atoms with Gasteiger partial charge in [0, 0.05) is 12.6 Å². The summed E-state index contributed by atoms with van der Waals surface area (Å²) in [5.41, 5.74) is 7.09. The molecule has 0 spiro atoms. The lowest BCUT2D eigenvalue weighted by Crippen LogP contribution is -2.39. The molecule has 1 saturated heterocycles. The van der Waals surface area contributed by atoms with Gasteiger partial charge in [-0.3, -0.25) is 4.90 Å². The van der Waals surface area contributed by atoms with E-state index in [1.165, 1.54) is 12.8 Å². The van der Waals surface area contributed by atoms with Crippen molar-refractivity contribution in [1.29, 1.82) is 0 Å². The summed E-state index contributed by atoms with van der Waals surface area (Å²) >= 11 is 5.91. The van der Waals surface area contributed by atoms with Crippen molar-refractivity contribution in [3.05, 3.63) is 28.8 Å². The number of nitrogens with two attached hydrogens (primary N) is 1. The summed E-state index contributed by atoms with van der Waals surface area (Å²) in [6, 6.07) is 5.73. The normalized spacial score (nSPS) is 19.9. The summed E-state index contributed by atoms with van der Waals surface area (Å²) in [6.07, 6.45) is 2.34. The van der Waals surface area contributed by atoms with E-state index < -0.39 is 0 Å². The first kappa shape index (κ1) is 13.7. The first-order valence-corrected chi connectivity index (χ1v) is 6.89. The highest BCUT2D eigenvalue weighted by atomic mass is 35.5.